The molecular formula is C19H21N. The van der Waals surface area contributed by atoms with E-state index in [1.165, 1.54) is 37.1 Å². The molecule has 1 nitrogen and oxygen atoms in total. The maximum absolute atomic E-state index is 2.69. The second kappa shape index (κ2) is 4.75. The first-order valence-electron chi connectivity index (χ1n) is 7.72. The van der Waals surface area contributed by atoms with Gasteiger partial charge in [0.15, 0.2) is 0 Å². The van der Waals surface area contributed by atoms with Crippen molar-refractivity contribution in [2.45, 2.75) is 31.7 Å². The zero-order valence-corrected chi connectivity index (χ0v) is 12.0. The Labute approximate surface area is 121 Å². The molecule has 0 radical (unpaired) electrons. The highest BCUT2D eigenvalue weighted by Crippen LogP contribution is 2.43. The molecule has 4 rings (SSSR count). The molecule has 0 aliphatic carbocycles. The van der Waals surface area contributed by atoms with Crippen molar-refractivity contribution in [3.63, 3.8) is 0 Å². The van der Waals surface area contributed by atoms with Gasteiger partial charge in [-0.25, -0.2) is 0 Å². The van der Waals surface area contributed by atoms with Gasteiger partial charge in [0.25, 0.3) is 0 Å². The second-order valence-corrected chi connectivity index (χ2v) is 6.25. The normalized spacial score (nSPS) is 25.2. The van der Waals surface area contributed by atoms with Crippen LogP contribution >= 0.6 is 0 Å². The number of fused-ring (bicyclic) bond motifs is 3. The number of rotatable bonds is 1. The van der Waals surface area contributed by atoms with Crippen LogP contribution in [0.3, 0.4) is 0 Å². The summed E-state index contributed by atoms with van der Waals surface area (Å²) < 4.78 is 0. The molecule has 1 saturated heterocycles. The van der Waals surface area contributed by atoms with Crippen LogP contribution in [0.4, 0.5) is 0 Å². The topological polar surface area (TPSA) is 3.24 Å². The van der Waals surface area contributed by atoms with Crippen LogP contribution in [-0.4, -0.2) is 18.0 Å². The fraction of sp³-hybridized carbons (Fsp3) is 0.368. The first-order valence-corrected chi connectivity index (χ1v) is 7.72. The van der Waals surface area contributed by atoms with Crippen molar-refractivity contribution in [2.24, 2.45) is 0 Å². The zero-order valence-electron chi connectivity index (χ0n) is 12.0. The quantitative estimate of drug-likeness (QED) is 0.742. The summed E-state index contributed by atoms with van der Waals surface area (Å²) in [4.78, 5) is 2.69. The van der Waals surface area contributed by atoms with Crippen LogP contribution in [0.1, 0.15) is 47.1 Å². The van der Waals surface area contributed by atoms with Gasteiger partial charge in [-0.05, 0) is 43.0 Å². The molecule has 2 aromatic carbocycles. The van der Waals surface area contributed by atoms with Crippen molar-refractivity contribution in [3.8, 4) is 0 Å². The van der Waals surface area contributed by atoms with Crippen molar-refractivity contribution >= 4 is 0 Å². The third-order valence-electron chi connectivity index (χ3n) is 4.99. The molecule has 0 bridgehead atoms. The van der Waals surface area contributed by atoms with Crippen molar-refractivity contribution in [2.75, 3.05) is 13.1 Å². The van der Waals surface area contributed by atoms with E-state index in [1.807, 2.05) is 0 Å². The van der Waals surface area contributed by atoms with E-state index in [-0.39, 0.29) is 0 Å². The van der Waals surface area contributed by atoms with Gasteiger partial charge in [0.2, 0.25) is 0 Å². The van der Waals surface area contributed by atoms with Crippen LogP contribution in [0.15, 0.2) is 48.5 Å². The Kier molecular flexibility index (Phi) is 2.89. The van der Waals surface area contributed by atoms with E-state index in [2.05, 4.69) is 60.4 Å². The zero-order chi connectivity index (χ0) is 13.5. The van der Waals surface area contributed by atoms with E-state index in [4.69, 9.17) is 0 Å². The predicted molar refractivity (Wildman–Crippen MR) is 83.0 cm³/mol. The standard InChI is InChI=1S/C19H21N/c1-14-8-10-15(11-9-14)18-13-20-12-4-7-19(20)17-6-3-2-5-16(17)18/h2-3,5-6,8-11,18-19H,4,7,12-13H2,1H3. The summed E-state index contributed by atoms with van der Waals surface area (Å²) >= 11 is 0. The lowest BCUT2D eigenvalue weighted by Gasteiger charge is -2.37. The van der Waals surface area contributed by atoms with Crippen molar-refractivity contribution < 1.29 is 0 Å². The first-order chi connectivity index (χ1) is 9.83. The van der Waals surface area contributed by atoms with Gasteiger partial charge in [-0.2, -0.15) is 0 Å². The van der Waals surface area contributed by atoms with E-state index < -0.39 is 0 Å². The fourth-order valence-electron chi connectivity index (χ4n) is 3.95. The summed E-state index contributed by atoms with van der Waals surface area (Å²) in [6.07, 6.45) is 2.68. The Morgan fingerprint density at radius 2 is 1.70 bits per heavy atom. The third kappa shape index (κ3) is 1.89. The van der Waals surface area contributed by atoms with Gasteiger partial charge in [0, 0.05) is 18.5 Å². The Bertz CT molecular complexity index is 614. The van der Waals surface area contributed by atoms with Crippen LogP contribution in [-0.2, 0) is 0 Å². The Morgan fingerprint density at radius 3 is 2.50 bits per heavy atom. The molecule has 2 atom stereocenters. The van der Waals surface area contributed by atoms with Gasteiger partial charge in [0.1, 0.15) is 0 Å². The molecule has 1 heteroatoms. The number of benzene rings is 2. The SMILES string of the molecule is Cc1ccc(C2CN3CCCC3c3ccccc32)cc1. The predicted octanol–water partition coefficient (Wildman–Crippen LogP) is 4.28. The van der Waals surface area contributed by atoms with Gasteiger partial charge in [0.05, 0.1) is 0 Å². The van der Waals surface area contributed by atoms with Gasteiger partial charge in [-0.3, -0.25) is 4.90 Å². The molecule has 2 aliphatic rings. The highest BCUT2D eigenvalue weighted by atomic mass is 15.2. The first kappa shape index (κ1) is 12.2. The Balaban J connectivity index is 1.80. The lowest BCUT2D eigenvalue weighted by Crippen LogP contribution is -2.34. The van der Waals surface area contributed by atoms with Gasteiger partial charge in [-0.15, -0.1) is 0 Å². The van der Waals surface area contributed by atoms with Crippen LogP contribution in [0.2, 0.25) is 0 Å². The van der Waals surface area contributed by atoms with Gasteiger partial charge >= 0.3 is 0 Å². The summed E-state index contributed by atoms with van der Waals surface area (Å²) in [5.41, 5.74) is 5.94. The highest BCUT2D eigenvalue weighted by Gasteiger charge is 2.35. The average molecular weight is 263 g/mol. The minimum absolute atomic E-state index is 0.543. The van der Waals surface area contributed by atoms with Gasteiger partial charge in [-0.1, -0.05) is 54.1 Å². The number of aryl methyl sites for hydroxylation is 1. The molecule has 2 unspecified atom stereocenters. The maximum atomic E-state index is 2.69. The van der Waals surface area contributed by atoms with Crippen LogP contribution in [0.25, 0.3) is 0 Å². The fourth-order valence-corrected chi connectivity index (χ4v) is 3.95. The molecule has 0 spiro atoms. The molecule has 2 aliphatic heterocycles. The summed E-state index contributed by atoms with van der Waals surface area (Å²) in [6.45, 7) is 4.61. The molecule has 0 amide bonds. The molecule has 0 aromatic heterocycles. The lowest BCUT2D eigenvalue weighted by atomic mass is 9.81. The summed E-state index contributed by atoms with van der Waals surface area (Å²) in [7, 11) is 0. The molecule has 20 heavy (non-hydrogen) atoms. The summed E-state index contributed by atoms with van der Waals surface area (Å²) in [6, 6.07) is 18.9. The summed E-state index contributed by atoms with van der Waals surface area (Å²) in [5.74, 6) is 0.543. The lowest BCUT2D eigenvalue weighted by molar-refractivity contribution is 0.230. The molecule has 102 valence electrons. The molecule has 2 heterocycles. The smallest absolute Gasteiger partial charge is 0.0351 e. The average Bonchev–Trinajstić information content (AvgIpc) is 2.96. The van der Waals surface area contributed by atoms with E-state index in [0.29, 0.717) is 12.0 Å². The minimum Gasteiger partial charge on any atom is -0.295 e. The van der Waals surface area contributed by atoms with E-state index in [0.717, 1.165) is 0 Å². The molecule has 0 N–H and O–H groups in total. The molecular weight excluding hydrogens is 242 g/mol. The Hall–Kier alpha value is -1.60. The van der Waals surface area contributed by atoms with Gasteiger partial charge < -0.3 is 0 Å². The highest BCUT2D eigenvalue weighted by molar-refractivity contribution is 5.43. The van der Waals surface area contributed by atoms with Crippen molar-refractivity contribution in [1.29, 1.82) is 0 Å². The van der Waals surface area contributed by atoms with E-state index in [1.54, 1.807) is 11.1 Å². The number of hydrogen-bond donors (Lipinski definition) is 0. The minimum atomic E-state index is 0.543. The Morgan fingerprint density at radius 1 is 0.950 bits per heavy atom. The second-order valence-electron chi connectivity index (χ2n) is 6.25. The molecule has 0 saturated carbocycles. The monoisotopic (exact) mass is 263 g/mol. The third-order valence-corrected chi connectivity index (χ3v) is 4.99. The van der Waals surface area contributed by atoms with Crippen LogP contribution < -0.4 is 0 Å². The molecule has 2 aromatic rings. The van der Waals surface area contributed by atoms with Crippen LogP contribution in [0, 0.1) is 6.92 Å². The van der Waals surface area contributed by atoms with Crippen molar-refractivity contribution in [3.05, 3.63) is 70.8 Å². The number of nitrogens with zero attached hydrogens (tertiary/aromatic N) is 1. The maximum Gasteiger partial charge on any atom is 0.0351 e. The van der Waals surface area contributed by atoms with E-state index >= 15 is 0 Å². The largest absolute Gasteiger partial charge is 0.295 e. The van der Waals surface area contributed by atoms with E-state index in [9.17, 15) is 0 Å². The molecule has 1 fully saturated rings. The summed E-state index contributed by atoms with van der Waals surface area (Å²) in [5, 5.41) is 0. The number of hydrogen-bond acceptors (Lipinski definition) is 1. The van der Waals surface area contributed by atoms with Crippen LogP contribution in [0.5, 0.6) is 0 Å². The van der Waals surface area contributed by atoms with Crippen molar-refractivity contribution in [1.82, 2.24) is 4.90 Å².